The molecule has 0 amide bonds. The van der Waals surface area contributed by atoms with Crippen molar-refractivity contribution in [1.82, 2.24) is 0 Å². The molecule has 2 nitrogen and oxygen atoms in total. The second-order valence-electron chi connectivity index (χ2n) is 8.95. The van der Waals surface area contributed by atoms with E-state index >= 15 is 0 Å². The highest BCUT2D eigenvalue weighted by atomic mass is 16.3. The second-order valence-corrected chi connectivity index (χ2v) is 8.95. The van der Waals surface area contributed by atoms with Gasteiger partial charge in [-0.3, -0.25) is 4.79 Å². The molecule has 4 rings (SSSR count). The molecule has 0 aromatic rings. The molecule has 22 heavy (non-hydrogen) atoms. The van der Waals surface area contributed by atoms with E-state index in [1.54, 1.807) is 5.57 Å². The Morgan fingerprint density at radius 3 is 2.73 bits per heavy atom. The van der Waals surface area contributed by atoms with Crippen LogP contribution in [-0.2, 0) is 4.79 Å². The molecular weight excluding hydrogens is 272 g/mol. The zero-order chi connectivity index (χ0) is 15.7. The van der Waals surface area contributed by atoms with Gasteiger partial charge in [-0.15, -0.1) is 0 Å². The van der Waals surface area contributed by atoms with Crippen LogP contribution in [0.15, 0.2) is 23.3 Å². The highest BCUT2D eigenvalue weighted by molar-refractivity contribution is 5.96. The molecule has 5 atom stereocenters. The second kappa shape index (κ2) is 4.56. The molecule has 2 heteroatoms. The molecule has 1 N–H and O–H groups in total. The highest BCUT2D eigenvalue weighted by Gasteiger charge is 2.53. The lowest BCUT2D eigenvalue weighted by molar-refractivity contribution is -0.124. The van der Waals surface area contributed by atoms with Crippen molar-refractivity contribution in [2.45, 2.75) is 65.4 Å². The van der Waals surface area contributed by atoms with Crippen LogP contribution in [0.1, 0.15) is 59.3 Å². The summed E-state index contributed by atoms with van der Waals surface area (Å²) >= 11 is 0. The molecule has 0 radical (unpaired) electrons. The van der Waals surface area contributed by atoms with E-state index in [9.17, 15) is 9.90 Å². The van der Waals surface area contributed by atoms with Gasteiger partial charge in [0.15, 0.2) is 5.78 Å². The molecule has 0 spiro atoms. The topological polar surface area (TPSA) is 37.3 Å². The first-order valence-electron chi connectivity index (χ1n) is 8.96. The monoisotopic (exact) mass is 300 g/mol. The fourth-order valence-corrected chi connectivity index (χ4v) is 5.82. The number of allylic oxidation sites excluding steroid dienone is 2. The van der Waals surface area contributed by atoms with E-state index in [0.29, 0.717) is 23.5 Å². The number of carbonyl (C=O) groups excluding carboxylic acids is 1. The summed E-state index contributed by atoms with van der Waals surface area (Å²) in [6, 6.07) is 0. The number of hydrogen-bond donors (Lipinski definition) is 1. The van der Waals surface area contributed by atoms with E-state index in [-0.39, 0.29) is 16.9 Å². The lowest BCUT2D eigenvalue weighted by Gasteiger charge is -2.52. The average Bonchev–Trinajstić information content (AvgIpc) is 2.76. The van der Waals surface area contributed by atoms with Crippen LogP contribution in [0.3, 0.4) is 0 Å². The fourth-order valence-electron chi connectivity index (χ4n) is 5.82. The van der Waals surface area contributed by atoms with E-state index in [4.69, 9.17) is 0 Å². The third-order valence-electron chi connectivity index (χ3n) is 7.32. The van der Waals surface area contributed by atoms with Gasteiger partial charge in [0.25, 0.3) is 0 Å². The van der Waals surface area contributed by atoms with Gasteiger partial charge in [0, 0.05) is 10.8 Å². The van der Waals surface area contributed by atoms with Crippen molar-refractivity contribution in [2.75, 3.05) is 0 Å². The zero-order valence-corrected chi connectivity index (χ0v) is 14.1. The summed E-state index contributed by atoms with van der Waals surface area (Å²) in [5, 5.41) is 10.4. The number of aliphatic hydroxyl groups is 1. The minimum Gasteiger partial charge on any atom is -0.392 e. The predicted octanol–water partition coefficient (Wildman–Crippen LogP) is 4.05. The van der Waals surface area contributed by atoms with Gasteiger partial charge in [0.1, 0.15) is 0 Å². The molecule has 120 valence electrons. The molecule has 2 saturated carbocycles. The first-order valence-corrected chi connectivity index (χ1v) is 8.96. The van der Waals surface area contributed by atoms with Gasteiger partial charge in [0.05, 0.1) is 6.10 Å². The van der Waals surface area contributed by atoms with Crippen LogP contribution < -0.4 is 0 Å². The Morgan fingerprint density at radius 1 is 1.18 bits per heavy atom. The molecule has 2 fully saturated rings. The van der Waals surface area contributed by atoms with Crippen LogP contribution in [0.2, 0.25) is 0 Å². The summed E-state index contributed by atoms with van der Waals surface area (Å²) in [4.78, 5) is 12.3. The van der Waals surface area contributed by atoms with Crippen LogP contribution in [-0.4, -0.2) is 17.0 Å². The molecule has 0 bridgehead atoms. The fraction of sp³-hybridized carbons (Fsp3) is 0.750. The lowest BCUT2D eigenvalue weighted by atomic mass is 9.52. The zero-order valence-electron chi connectivity index (χ0n) is 14.1. The van der Waals surface area contributed by atoms with Gasteiger partial charge in [-0.25, -0.2) is 0 Å². The molecular formula is C20H28O2. The smallest absolute Gasteiger partial charge is 0.161 e. The van der Waals surface area contributed by atoms with Gasteiger partial charge < -0.3 is 5.11 Å². The van der Waals surface area contributed by atoms with Gasteiger partial charge in [0.2, 0.25) is 0 Å². The number of aliphatic hydroxyl groups excluding tert-OH is 1. The Bertz CT molecular complexity index is 583. The number of rotatable bonds is 0. The van der Waals surface area contributed by atoms with Crippen LogP contribution in [0.5, 0.6) is 0 Å². The maximum Gasteiger partial charge on any atom is 0.161 e. The van der Waals surface area contributed by atoms with Crippen molar-refractivity contribution in [2.24, 2.45) is 28.6 Å². The van der Waals surface area contributed by atoms with E-state index < -0.39 is 0 Å². The Labute approximate surface area is 133 Å². The molecule has 1 unspecified atom stereocenters. The number of hydrogen-bond acceptors (Lipinski definition) is 2. The Kier molecular flexibility index (Phi) is 3.05. The number of carbonyl (C=O) groups is 1. The Hall–Kier alpha value is -0.890. The van der Waals surface area contributed by atoms with E-state index in [2.05, 4.69) is 26.8 Å². The largest absolute Gasteiger partial charge is 0.392 e. The minimum absolute atomic E-state index is 0.0301. The van der Waals surface area contributed by atoms with Gasteiger partial charge in [-0.05, 0) is 62.4 Å². The SMILES string of the molecule is CC1(C)C[C@H]2C(=CC1=O)CC[C@H]1C3=CCC(O)[C@@]3(C)CC[C@H]21. The summed E-state index contributed by atoms with van der Waals surface area (Å²) in [6.07, 6.45) is 10.6. The highest BCUT2D eigenvalue weighted by Crippen LogP contribution is 2.60. The predicted molar refractivity (Wildman–Crippen MR) is 87.2 cm³/mol. The summed E-state index contributed by atoms with van der Waals surface area (Å²) in [7, 11) is 0. The van der Waals surface area contributed by atoms with Crippen molar-refractivity contribution in [3.8, 4) is 0 Å². The van der Waals surface area contributed by atoms with Crippen molar-refractivity contribution in [3.05, 3.63) is 23.3 Å². The molecule has 0 aliphatic heterocycles. The van der Waals surface area contributed by atoms with Gasteiger partial charge in [-0.1, -0.05) is 38.0 Å². The Morgan fingerprint density at radius 2 is 1.95 bits per heavy atom. The van der Waals surface area contributed by atoms with E-state index in [1.807, 2.05) is 6.08 Å². The molecule has 0 heterocycles. The molecule has 0 aromatic heterocycles. The standard InChI is InChI=1S/C20H28O2/c1-19(2)11-15-12(10-18(19)22)4-5-14-13(15)8-9-20(3)16(14)6-7-17(20)21/h6,10,13-15,17,21H,4-5,7-9,11H2,1-3H3/t13-,14+,15-,17?,20-/m0/s1. The van der Waals surface area contributed by atoms with Crippen molar-refractivity contribution < 1.29 is 9.90 Å². The van der Waals surface area contributed by atoms with Crippen molar-refractivity contribution >= 4 is 5.78 Å². The molecule has 0 aromatic carbocycles. The lowest BCUT2D eigenvalue weighted by Crippen LogP contribution is -2.46. The Balaban J connectivity index is 1.68. The van der Waals surface area contributed by atoms with Crippen LogP contribution >= 0.6 is 0 Å². The molecule has 4 aliphatic rings. The average molecular weight is 300 g/mol. The third-order valence-corrected chi connectivity index (χ3v) is 7.32. The van der Waals surface area contributed by atoms with Crippen LogP contribution in [0.25, 0.3) is 0 Å². The first-order chi connectivity index (χ1) is 10.3. The summed E-state index contributed by atoms with van der Waals surface area (Å²) in [5.74, 6) is 2.25. The van der Waals surface area contributed by atoms with Crippen molar-refractivity contribution in [1.29, 1.82) is 0 Å². The van der Waals surface area contributed by atoms with Crippen molar-refractivity contribution in [3.63, 3.8) is 0 Å². The maximum atomic E-state index is 12.3. The molecule has 4 aliphatic carbocycles. The summed E-state index contributed by atoms with van der Waals surface area (Å²) < 4.78 is 0. The number of fused-ring (bicyclic) bond motifs is 5. The van der Waals surface area contributed by atoms with Crippen LogP contribution in [0.4, 0.5) is 0 Å². The minimum atomic E-state index is -0.194. The first kappa shape index (κ1) is 14.7. The van der Waals surface area contributed by atoms with Crippen LogP contribution in [0, 0.1) is 28.6 Å². The quantitative estimate of drug-likeness (QED) is 0.685. The van der Waals surface area contributed by atoms with Gasteiger partial charge in [-0.2, -0.15) is 0 Å². The number of ketones is 1. The third kappa shape index (κ3) is 1.86. The van der Waals surface area contributed by atoms with E-state index in [0.717, 1.165) is 25.7 Å². The summed E-state index contributed by atoms with van der Waals surface area (Å²) in [5.41, 5.74) is 2.81. The maximum absolute atomic E-state index is 12.3. The van der Waals surface area contributed by atoms with E-state index in [1.165, 1.54) is 18.4 Å². The molecule has 0 saturated heterocycles. The van der Waals surface area contributed by atoms with Gasteiger partial charge >= 0.3 is 0 Å². The summed E-state index contributed by atoms with van der Waals surface area (Å²) in [6.45, 7) is 6.49. The normalized spacial score (nSPS) is 46.3.